The Labute approximate surface area is 320 Å². The smallest absolute Gasteiger partial charge is 0.472 e. The molecule has 0 aromatic rings. The Balaban J connectivity index is 4.48. The van der Waals surface area contributed by atoms with E-state index in [4.69, 9.17) is 24.8 Å². The number of hydrogen-bond donors (Lipinski definition) is 3. The van der Waals surface area contributed by atoms with Crippen LogP contribution in [0.25, 0.3) is 0 Å². The van der Waals surface area contributed by atoms with Gasteiger partial charge in [0.1, 0.15) is 12.6 Å². The van der Waals surface area contributed by atoms with Crippen LogP contribution < -0.4 is 5.73 Å². The number of nitrogens with two attached hydrogens (primary N) is 1. The molecule has 0 rings (SSSR count). The van der Waals surface area contributed by atoms with E-state index < -0.39 is 51.1 Å². The molecule has 1 unspecified atom stereocenters. The van der Waals surface area contributed by atoms with Gasteiger partial charge < -0.3 is 25.2 Å². The van der Waals surface area contributed by atoms with Crippen molar-refractivity contribution in [2.75, 3.05) is 19.8 Å². The fourth-order valence-corrected chi connectivity index (χ4v) is 5.95. The average Bonchev–Trinajstić information content (AvgIpc) is 3.13. The highest BCUT2D eigenvalue weighted by Gasteiger charge is 2.28. The molecule has 0 aromatic heterocycles. The lowest BCUT2D eigenvalue weighted by Crippen LogP contribution is -2.34. The highest BCUT2D eigenvalue weighted by Crippen LogP contribution is 2.43. The molecule has 0 aliphatic heterocycles. The van der Waals surface area contributed by atoms with Crippen molar-refractivity contribution in [1.29, 1.82) is 0 Å². The molecular weight excluding hydrogens is 697 g/mol. The quantitative estimate of drug-likeness (QED) is 0.0238. The highest BCUT2D eigenvalue weighted by molar-refractivity contribution is 7.47. The number of esters is 2. The summed E-state index contributed by atoms with van der Waals surface area (Å²) >= 11 is 0. The van der Waals surface area contributed by atoms with Gasteiger partial charge in [0, 0.05) is 12.8 Å². The molecular formula is C41H72NO10P. The molecule has 0 aromatic carbocycles. The Bertz CT molecular complexity index is 1090. The maximum absolute atomic E-state index is 12.6. The maximum Gasteiger partial charge on any atom is 0.472 e. The maximum atomic E-state index is 12.6. The third-order valence-electron chi connectivity index (χ3n) is 8.34. The number of carboxylic acids is 1. The number of phosphoric ester groups is 1. The van der Waals surface area contributed by atoms with Crippen molar-refractivity contribution < 1.29 is 47.5 Å². The van der Waals surface area contributed by atoms with Crippen molar-refractivity contribution in [1.82, 2.24) is 0 Å². The lowest BCUT2D eigenvalue weighted by atomic mass is 10.0. The molecule has 0 bridgehead atoms. The average molecular weight is 770 g/mol. The van der Waals surface area contributed by atoms with E-state index in [1.165, 1.54) is 64.2 Å². The zero-order valence-electron chi connectivity index (χ0n) is 32.8. The van der Waals surface area contributed by atoms with Crippen LogP contribution in [-0.2, 0) is 37.5 Å². The molecule has 0 aliphatic rings. The summed E-state index contributed by atoms with van der Waals surface area (Å²) in [6.07, 6.45) is 38.9. The minimum atomic E-state index is -4.72. The van der Waals surface area contributed by atoms with Gasteiger partial charge in [-0.15, -0.1) is 0 Å². The van der Waals surface area contributed by atoms with Crippen molar-refractivity contribution in [3.63, 3.8) is 0 Å². The number of carbonyl (C=O) groups is 3. The largest absolute Gasteiger partial charge is 0.480 e. The van der Waals surface area contributed by atoms with Gasteiger partial charge in [0.05, 0.1) is 13.2 Å². The number of aliphatic carboxylic acids is 1. The molecule has 0 saturated heterocycles. The Morgan fingerprint density at radius 3 is 1.58 bits per heavy atom. The first-order valence-electron chi connectivity index (χ1n) is 20.2. The summed E-state index contributed by atoms with van der Waals surface area (Å²) in [5, 5.41) is 8.87. The first-order chi connectivity index (χ1) is 25.6. The van der Waals surface area contributed by atoms with Crippen LogP contribution in [0, 0.1) is 0 Å². The van der Waals surface area contributed by atoms with Crippen LogP contribution in [0.15, 0.2) is 48.6 Å². The van der Waals surface area contributed by atoms with Gasteiger partial charge in [0.15, 0.2) is 6.10 Å². The van der Waals surface area contributed by atoms with Gasteiger partial charge in [0.25, 0.3) is 0 Å². The van der Waals surface area contributed by atoms with E-state index >= 15 is 0 Å². The minimum absolute atomic E-state index is 0.153. The Hall–Kier alpha value is -2.56. The van der Waals surface area contributed by atoms with Gasteiger partial charge >= 0.3 is 25.7 Å². The van der Waals surface area contributed by atoms with E-state index in [0.29, 0.717) is 12.8 Å². The second-order valence-electron chi connectivity index (χ2n) is 13.4. The van der Waals surface area contributed by atoms with Crippen molar-refractivity contribution in [2.45, 2.75) is 174 Å². The molecule has 12 heteroatoms. The van der Waals surface area contributed by atoms with E-state index in [-0.39, 0.29) is 19.4 Å². The number of allylic oxidation sites excluding steroid dienone is 8. The summed E-state index contributed by atoms with van der Waals surface area (Å²) in [4.78, 5) is 45.8. The van der Waals surface area contributed by atoms with Crippen molar-refractivity contribution in [3.05, 3.63) is 48.6 Å². The Morgan fingerprint density at radius 2 is 1.06 bits per heavy atom. The standard InChI is InChI=1S/C41H72NO10P/c1-3-5-7-9-11-13-15-17-19-21-22-24-26-28-30-32-39(43)49-34-37(35-50-53(47,48)51-36-38(42)41(45)46)52-40(44)33-31-29-27-25-23-20-18-16-14-12-10-8-6-4-2/h5,7,11,13,17,19,22,24,37-38H,3-4,6,8-10,12,14-16,18,20-21,23,25-36,42H2,1-2H3,(H,45,46)(H,47,48)/b7-5-,13-11-,19-17-,24-22-/t37-,38+/m1/s1. The van der Waals surface area contributed by atoms with E-state index in [2.05, 4.69) is 67.0 Å². The van der Waals surface area contributed by atoms with E-state index in [1.807, 2.05) is 0 Å². The van der Waals surface area contributed by atoms with Crippen LogP contribution in [0.4, 0.5) is 0 Å². The molecule has 0 spiro atoms. The van der Waals surface area contributed by atoms with Crippen LogP contribution in [0.2, 0.25) is 0 Å². The van der Waals surface area contributed by atoms with Crippen molar-refractivity contribution in [3.8, 4) is 0 Å². The van der Waals surface area contributed by atoms with Gasteiger partial charge in [-0.05, 0) is 51.4 Å². The van der Waals surface area contributed by atoms with Gasteiger partial charge in [-0.2, -0.15) is 0 Å². The first-order valence-corrected chi connectivity index (χ1v) is 21.7. The number of ether oxygens (including phenoxy) is 2. The van der Waals surface area contributed by atoms with Gasteiger partial charge in [-0.3, -0.25) is 23.4 Å². The van der Waals surface area contributed by atoms with E-state index in [9.17, 15) is 23.8 Å². The Morgan fingerprint density at radius 1 is 0.604 bits per heavy atom. The summed E-state index contributed by atoms with van der Waals surface area (Å²) in [6.45, 7) is 2.63. The normalized spacial score (nSPS) is 14.3. The third kappa shape index (κ3) is 36.2. The number of rotatable bonds is 37. The van der Waals surface area contributed by atoms with Crippen molar-refractivity contribution >= 4 is 25.7 Å². The molecule has 0 saturated carbocycles. The summed E-state index contributed by atoms with van der Waals surface area (Å²) in [6, 6.07) is -1.53. The monoisotopic (exact) mass is 769 g/mol. The molecule has 0 aliphatic carbocycles. The Kier molecular flexibility index (Phi) is 34.7. The number of carboxylic acid groups (broad SMARTS) is 1. The van der Waals surface area contributed by atoms with Crippen LogP contribution >= 0.6 is 7.82 Å². The third-order valence-corrected chi connectivity index (χ3v) is 9.29. The molecule has 0 fully saturated rings. The highest BCUT2D eigenvalue weighted by atomic mass is 31.2. The van der Waals surface area contributed by atoms with Gasteiger partial charge in [-0.25, -0.2) is 4.57 Å². The fraction of sp³-hybridized carbons (Fsp3) is 0.732. The van der Waals surface area contributed by atoms with Crippen LogP contribution in [0.1, 0.15) is 162 Å². The van der Waals surface area contributed by atoms with Crippen molar-refractivity contribution in [2.24, 2.45) is 5.73 Å². The van der Waals surface area contributed by atoms with Crippen LogP contribution in [0.3, 0.4) is 0 Å². The predicted molar refractivity (Wildman–Crippen MR) is 212 cm³/mol. The molecule has 0 heterocycles. The summed E-state index contributed by atoms with van der Waals surface area (Å²) < 4.78 is 32.6. The topological polar surface area (TPSA) is 172 Å². The number of phosphoric acid groups is 1. The molecule has 4 N–H and O–H groups in total. The molecule has 3 atom stereocenters. The van der Waals surface area contributed by atoms with E-state index in [1.54, 1.807) is 0 Å². The molecule has 306 valence electrons. The van der Waals surface area contributed by atoms with E-state index in [0.717, 1.165) is 57.8 Å². The summed E-state index contributed by atoms with van der Waals surface area (Å²) in [5.41, 5.74) is 5.32. The number of unbranched alkanes of at least 4 members (excludes halogenated alkanes) is 15. The number of carbonyl (C=O) groups excluding carboxylic acids is 2. The van der Waals surface area contributed by atoms with Gasteiger partial charge in [-0.1, -0.05) is 146 Å². The van der Waals surface area contributed by atoms with Crippen LogP contribution in [0.5, 0.6) is 0 Å². The lowest BCUT2D eigenvalue weighted by molar-refractivity contribution is -0.161. The summed E-state index contributed by atoms with van der Waals surface area (Å²) in [5.74, 6) is -2.43. The minimum Gasteiger partial charge on any atom is -0.480 e. The molecule has 0 radical (unpaired) electrons. The molecule has 53 heavy (non-hydrogen) atoms. The lowest BCUT2D eigenvalue weighted by Gasteiger charge is -2.20. The molecule has 11 nitrogen and oxygen atoms in total. The van der Waals surface area contributed by atoms with Crippen LogP contribution in [-0.4, -0.2) is 59.9 Å². The number of hydrogen-bond acceptors (Lipinski definition) is 9. The molecule has 0 amide bonds. The zero-order valence-corrected chi connectivity index (χ0v) is 33.7. The zero-order chi connectivity index (χ0) is 39.3. The van der Waals surface area contributed by atoms with Gasteiger partial charge in [0.2, 0.25) is 0 Å². The first kappa shape index (κ1) is 50.4. The SMILES string of the molecule is CC/C=C\C/C=C\C/C=C\C/C=C\CCCCC(=O)OC[C@H](COP(=O)(O)OC[C@H](N)C(=O)O)OC(=O)CCCCCCCCCCCCCCCC. The second-order valence-corrected chi connectivity index (χ2v) is 14.8. The summed E-state index contributed by atoms with van der Waals surface area (Å²) in [7, 11) is -4.72. The second kappa shape index (κ2) is 36.4. The fourth-order valence-electron chi connectivity index (χ4n) is 5.17. The predicted octanol–water partition coefficient (Wildman–Crippen LogP) is 10.2.